The van der Waals surface area contributed by atoms with Crippen molar-refractivity contribution in [2.24, 2.45) is 5.84 Å². The predicted octanol–water partition coefficient (Wildman–Crippen LogP) is -1.65. The highest BCUT2D eigenvalue weighted by Gasteiger charge is 2.22. The first-order chi connectivity index (χ1) is 4.34. The van der Waals surface area contributed by atoms with E-state index in [0.29, 0.717) is 6.61 Å². The minimum absolute atomic E-state index is 0.179. The van der Waals surface area contributed by atoms with Gasteiger partial charge in [0.2, 0.25) is 0 Å². The van der Waals surface area contributed by atoms with Crippen LogP contribution in [0, 0.1) is 0 Å². The molecule has 0 aromatic heterocycles. The summed E-state index contributed by atoms with van der Waals surface area (Å²) in [4.78, 5) is 10.6. The lowest BCUT2D eigenvalue weighted by molar-refractivity contribution is -0.129. The van der Waals surface area contributed by atoms with Gasteiger partial charge in [-0.2, -0.15) is 0 Å². The summed E-state index contributed by atoms with van der Waals surface area (Å²) in [6, 6.07) is 0. The van der Waals surface area contributed by atoms with Crippen molar-refractivity contribution in [2.45, 2.75) is 6.10 Å². The van der Waals surface area contributed by atoms with Gasteiger partial charge in [-0.1, -0.05) is 0 Å². The molecule has 1 amide bonds. The van der Waals surface area contributed by atoms with Gasteiger partial charge in [0.15, 0.2) is 6.10 Å². The molecule has 1 unspecified atom stereocenters. The van der Waals surface area contributed by atoms with Crippen LogP contribution in [-0.2, 0) is 14.3 Å². The largest absolute Gasteiger partial charge is 0.352 e. The summed E-state index contributed by atoms with van der Waals surface area (Å²) in [5.41, 5.74) is 1.96. The van der Waals surface area contributed by atoms with E-state index in [9.17, 15) is 4.79 Å². The number of hydrogen-bond donors (Lipinski definition) is 2. The van der Waals surface area contributed by atoms with Crippen molar-refractivity contribution in [3.8, 4) is 0 Å². The molecule has 1 heterocycles. The van der Waals surface area contributed by atoms with Gasteiger partial charge >= 0.3 is 0 Å². The lowest BCUT2D eigenvalue weighted by atomic mass is 10.4. The minimum Gasteiger partial charge on any atom is -0.352 e. The molecule has 3 N–H and O–H groups in total. The zero-order valence-corrected chi connectivity index (χ0v) is 4.79. The first-order valence-electron chi connectivity index (χ1n) is 2.54. The maximum atomic E-state index is 10.6. The molecular weight excluding hydrogens is 124 g/mol. The van der Waals surface area contributed by atoms with E-state index < -0.39 is 6.10 Å². The maximum Gasteiger partial charge on any atom is 0.265 e. The summed E-state index contributed by atoms with van der Waals surface area (Å²) in [7, 11) is 0. The fraction of sp³-hybridized carbons (Fsp3) is 0.750. The fourth-order valence-corrected chi connectivity index (χ4v) is 0.578. The summed E-state index contributed by atoms with van der Waals surface area (Å²) >= 11 is 0. The van der Waals surface area contributed by atoms with Crippen LogP contribution in [0.15, 0.2) is 0 Å². The molecule has 0 bridgehead atoms. The zero-order valence-electron chi connectivity index (χ0n) is 4.79. The standard InChI is InChI=1S/C4H8N2O3/c5-6-4(7)3-1-8-2-9-3/h3H,1-2,5H2,(H,6,7). The molecule has 9 heavy (non-hydrogen) atoms. The Kier molecular flexibility index (Phi) is 1.99. The van der Waals surface area contributed by atoms with Gasteiger partial charge < -0.3 is 9.47 Å². The van der Waals surface area contributed by atoms with Gasteiger partial charge in [-0.05, 0) is 0 Å². The lowest BCUT2D eigenvalue weighted by Crippen LogP contribution is -2.40. The van der Waals surface area contributed by atoms with Crippen LogP contribution in [0.3, 0.4) is 0 Å². The van der Waals surface area contributed by atoms with Crippen molar-refractivity contribution in [1.29, 1.82) is 0 Å². The normalized spacial score (nSPS) is 26.1. The highest BCUT2D eigenvalue weighted by Crippen LogP contribution is 2.01. The average molecular weight is 132 g/mol. The lowest BCUT2D eigenvalue weighted by Gasteiger charge is -2.02. The number of carbonyl (C=O) groups is 1. The van der Waals surface area contributed by atoms with E-state index in [1.807, 2.05) is 5.43 Å². The van der Waals surface area contributed by atoms with Gasteiger partial charge in [-0.3, -0.25) is 10.2 Å². The van der Waals surface area contributed by atoms with Gasteiger partial charge in [0, 0.05) is 0 Å². The number of carbonyl (C=O) groups excluding carboxylic acids is 1. The Balaban J connectivity index is 2.32. The summed E-state index contributed by atoms with van der Waals surface area (Å²) in [6.45, 7) is 0.473. The van der Waals surface area contributed by atoms with Gasteiger partial charge in [-0.15, -0.1) is 0 Å². The molecular formula is C4H8N2O3. The Labute approximate surface area is 52.1 Å². The van der Waals surface area contributed by atoms with Crippen LogP contribution in [-0.4, -0.2) is 25.4 Å². The van der Waals surface area contributed by atoms with E-state index in [0.717, 1.165) is 0 Å². The van der Waals surface area contributed by atoms with Crippen molar-refractivity contribution >= 4 is 5.91 Å². The van der Waals surface area contributed by atoms with Crippen LogP contribution in [0.2, 0.25) is 0 Å². The first kappa shape index (κ1) is 6.47. The number of nitrogens with one attached hydrogen (secondary N) is 1. The smallest absolute Gasteiger partial charge is 0.265 e. The molecule has 0 spiro atoms. The van der Waals surface area contributed by atoms with Crippen LogP contribution in [0.4, 0.5) is 0 Å². The molecule has 1 rings (SSSR count). The van der Waals surface area contributed by atoms with Crippen LogP contribution >= 0.6 is 0 Å². The van der Waals surface area contributed by atoms with E-state index in [1.165, 1.54) is 0 Å². The first-order valence-corrected chi connectivity index (χ1v) is 2.54. The van der Waals surface area contributed by atoms with Crippen molar-refractivity contribution < 1.29 is 14.3 Å². The molecule has 1 saturated heterocycles. The Bertz CT molecular complexity index is 110. The van der Waals surface area contributed by atoms with Crippen molar-refractivity contribution in [2.75, 3.05) is 13.4 Å². The Morgan fingerprint density at radius 3 is 3.00 bits per heavy atom. The molecule has 5 heteroatoms. The van der Waals surface area contributed by atoms with Crippen LogP contribution in [0.25, 0.3) is 0 Å². The molecule has 0 aromatic rings. The quantitative estimate of drug-likeness (QED) is 0.254. The second-order valence-corrected chi connectivity index (χ2v) is 1.65. The molecule has 1 aliphatic rings. The molecule has 0 saturated carbocycles. The Morgan fingerprint density at radius 2 is 2.56 bits per heavy atom. The third-order valence-electron chi connectivity index (χ3n) is 1.06. The van der Waals surface area contributed by atoms with Crippen molar-refractivity contribution in [3.63, 3.8) is 0 Å². The second kappa shape index (κ2) is 2.77. The summed E-state index contributed by atoms with van der Waals surface area (Å²) < 4.78 is 9.53. The van der Waals surface area contributed by atoms with E-state index in [4.69, 9.17) is 15.3 Å². The number of rotatable bonds is 1. The SMILES string of the molecule is NNC(=O)C1COCO1. The summed E-state index contributed by atoms with van der Waals surface area (Å²) in [6.07, 6.45) is -0.519. The van der Waals surface area contributed by atoms with Crippen LogP contribution < -0.4 is 11.3 Å². The Hall–Kier alpha value is -0.650. The molecule has 0 radical (unpaired) electrons. The number of hydrogen-bond acceptors (Lipinski definition) is 4. The molecule has 0 aliphatic carbocycles. The molecule has 52 valence electrons. The number of hydrazine groups is 1. The highest BCUT2D eigenvalue weighted by molar-refractivity contribution is 5.80. The van der Waals surface area contributed by atoms with Crippen molar-refractivity contribution in [3.05, 3.63) is 0 Å². The van der Waals surface area contributed by atoms with Crippen molar-refractivity contribution in [1.82, 2.24) is 5.43 Å². The average Bonchev–Trinajstić information content (AvgIpc) is 2.37. The van der Waals surface area contributed by atoms with E-state index in [1.54, 1.807) is 0 Å². The van der Waals surface area contributed by atoms with Gasteiger partial charge in [0.25, 0.3) is 5.91 Å². The third-order valence-corrected chi connectivity index (χ3v) is 1.06. The van der Waals surface area contributed by atoms with E-state index >= 15 is 0 Å². The van der Waals surface area contributed by atoms with Gasteiger partial charge in [0.1, 0.15) is 6.79 Å². The van der Waals surface area contributed by atoms with E-state index in [2.05, 4.69) is 0 Å². The molecule has 0 aromatic carbocycles. The number of nitrogens with two attached hydrogens (primary N) is 1. The second-order valence-electron chi connectivity index (χ2n) is 1.65. The highest BCUT2D eigenvalue weighted by atomic mass is 16.7. The minimum atomic E-state index is -0.519. The summed E-state index contributed by atoms with van der Waals surface area (Å²) in [5, 5.41) is 0. The zero-order chi connectivity index (χ0) is 6.69. The molecule has 5 nitrogen and oxygen atoms in total. The van der Waals surface area contributed by atoms with E-state index in [-0.39, 0.29) is 12.7 Å². The number of ether oxygens (including phenoxy) is 2. The number of amides is 1. The van der Waals surface area contributed by atoms with Gasteiger partial charge in [-0.25, -0.2) is 5.84 Å². The summed E-state index contributed by atoms with van der Waals surface area (Å²) in [5.74, 6) is 4.48. The molecule has 1 aliphatic heterocycles. The molecule has 1 fully saturated rings. The third kappa shape index (κ3) is 1.38. The maximum absolute atomic E-state index is 10.6. The monoisotopic (exact) mass is 132 g/mol. The predicted molar refractivity (Wildman–Crippen MR) is 28.0 cm³/mol. The van der Waals surface area contributed by atoms with Crippen LogP contribution in [0.1, 0.15) is 0 Å². The topological polar surface area (TPSA) is 73.6 Å². The molecule has 1 atom stereocenters. The van der Waals surface area contributed by atoms with Gasteiger partial charge in [0.05, 0.1) is 6.61 Å². The van der Waals surface area contributed by atoms with Crippen LogP contribution in [0.5, 0.6) is 0 Å². The fourth-order valence-electron chi connectivity index (χ4n) is 0.578. The Morgan fingerprint density at radius 1 is 1.78 bits per heavy atom.